The summed E-state index contributed by atoms with van der Waals surface area (Å²) in [6.45, 7) is 0.802. The highest BCUT2D eigenvalue weighted by atomic mass is 35.7. The number of benzene rings is 1. The molecule has 0 unspecified atom stereocenters. The molecule has 1 heterocycles. The normalized spacial score (nSPS) is 10.2. The number of nitrogens with zero attached hydrogens (tertiary/aromatic N) is 2. The monoisotopic (exact) mass is 294 g/mol. The molecule has 0 aliphatic rings. The molecule has 0 amide bonds. The van der Waals surface area contributed by atoms with Crippen molar-refractivity contribution in [3.63, 3.8) is 0 Å². The van der Waals surface area contributed by atoms with Crippen molar-refractivity contribution >= 4 is 0 Å². The summed E-state index contributed by atoms with van der Waals surface area (Å²) in [5.41, 5.74) is 1.92. The molecule has 7 heteroatoms. The Hall–Kier alpha value is -2.01. The molecule has 0 bridgehead atoms. The van der Waals surface area contributed by atoms with E-state index in [1.54, 1.807) is 0 Å². The third-order valence-electron chi connectivity index (χ3n) is 2.20. The molecule has 0 N–H and O–H groups in total. The van der Waals surface area contributed by atoms with Crippen LogP contribution in [0.25, 0.3) is 0 Å². The molecule has 104 valence electrons. The van der Waals surface area contributed by atoms with E-state index in [4.69, 9.17) is 23.9 Å². The van der Waals surface area contributed by atoms with Crippen LogP contribution in [0.15, 0.2) is 54.9 Å². The zero-order chi connectivity index (χ0) is 15.0. The van der Waals surface area contributed by atoms with Crippen molar-refractivity contribution in [1.29, 1.82) is 5.26 Å². The Bertz CT molecular complexity index is 573. The lowest BCUT2D eigenvalue weighted by Crippen LogP contribution is -2.68. The number of hydrogen-bond acceptors (Lipinski definition) is 5. The van der Waals surface area contributed by atoms with Crippen molar-refractivity contribution in [2.75, 3.05) is 0 Å². The fourth-order valence-corrected chi connectivity index (χ4v) is 1.48. The summed E-state index contributed by atoms with van der Waals surface area (Å²) in [4.78, 5) is 0. The number of pyridine rings is 1. The predicted molar refractivity (Wildman–Crippen MR) is 56.9 cm³/mol. The van der Waals surface area contributed by atoms with E-state index < -0.39 is 10.2 Å². The summed E-state index contributed by atoms with van der Waals surface area (Å²) in [7, 11) is -4.94. The zero-order valence-electron chi connectivity index (χ0n) is 10.3. The van der Waals surface area contributed by atoms with E-state index in [-0.39, 0.29) is 0 Å². The molecule has 0 saturated carbocycles. The van der Waals surface area contributed by atoms with Gasteiger partial charge in [-0.05, 0) is 6.07 Å². The van der Waals surface area contributed by atoms with Crippen LogP contribution in [0.1, 0.15) is 11.1 Å². The van der Waals surface area contributed by atoms with E-state index in [9.17, 15) is 0 Å². The van der Waals surface area contributed by atoms with Crippen molar-refractivity contribution in [2.24, 2.45) is 0 Å². The molecule has 0 aliphatic heterocycles. The van der Waals surface area contributed by atoms with Gasteiger partial charge < -0.3 is 0 Å². The molecule has 1 aromatic carbocycles. The smallest absolute Gasteiger partial charge is 0.186 e. The van der Waals surface area contributed by atoms with Crippen LogP contribution < -0.4 is 23.2 Å². The lowest BCUT2D eigenvalue weighted by Gasteiger charge is -2.17. The Morgan fingerprint density at radius 2 is 1.60 bits per heavy atom. The van der Waals surface area contributed by atoms with Crippen molar-refractivity contribution in [1.82, 2.24) is 0 Å². The number of hydrogen-bond donors (Lipinski definition) is 0. The van der Waals surface area contributed by atoms with Crippen LogP contribution in [-0.2, 0) is 6.54 Å². The van der Waals surface area contributed by atoms with Gasteiger partial charge in [0, 0.05) is 11.6 Å². The standard InChI is InChI=1S/C13H11N2.ClHO4/c14-9-13-7-4-8-15(11-13)10-12-5-2-1-3-6-12;2-1(3,4)5/h1-8,11H,10H2;(H,2,3,4,5)/q+1;/p-1. The third kappa shape index (κ3) is 7.43. The van der Waals surface area contributed by atoms with Crippen LogP contribution in [0, 0.1) is 21.6 Å². The highest BCUT2D eigenvalue weighted by Crippen LogP contribution is 1.98. The fraction of sp³-hybridized carbons (Fsp3) is 0.0769. The van der Waals surface area contributed by atoms with Crippen molar-refractivity contribution in [3.8, 4) is 6.07 Å². The van der Waals surface area contributed by atoms with Gasteiger partial charge >= 0.3 is 0 Å². The molecule has 0 radical (unpaired) electrons. The van der Waals surface area contributed by atoms with Gasteiger partial charge in [0.05, 0.1) is 0 Å². The van der Waals surface area contributed by atoms with Crippen LogP contribution in [0.5, 0.6) is 0 Å². The number of nitriles is 1. The largest absolute Gasteiger partial charge is 0.222 e. The van der Waals surface area contributed by atoms with Crippen LogP contribution in [0.4, 0.5) is 0 Å². The first-order chi connectivity index (χ1) is 9.38. The van der Waals surface area contributed by atoms with Gasteiger partial charge in [-0.2, -0.15) is 9.83 Å². The lowest BCUT2D eigenvalue weighted by atomic mass is 10.2. The van der Waals surface area contributed by atoms with E-state index in [1.807, 2.05) is 47.3 Å². The number of aromatic nitrogens is 1. The molecule has 6 nitrogen and oxygen atoms in total. The zero-order valence-corrected chi connectivity index (χ0v) is 11.1. The Balaban J connectivity index is 0.000000347. The second-order valence-electron chi connectivity index (χ2n) is 3.74. The van der Waals surface area contributed by atoms with Crippen molar-refractivity contribution < 1.29 is 33.4 Å². The van der Waals surface area contributed by atoms with Gasteiger partial charge in [0.2, 0.25) is 0 Å². The summed E-state index contributed by atoms with van der Waals surface area (Å²) < 4.78 is 36.0. The summed E-state index contributed by atoms with van der Waals surface area (Å²) in [5.74, 6) is 0. The van der Waals surface area contributed by atoms with Crippen molar-refractivity contribution in [2.45, 2.75) is 6.54 Å². The molecule has 0 aliphatic carbocycles. The maximum absolute atomic E-state index is 8.76. The molecular weight excluding hydrogens is 284 g/mol. The average Bonchev–Trinajstić information content (AvgIpc) is 2.38. The minimum atomic E-state index is -4.94. The summed E-state index contributed by atoms with van der Waals surface area (Å²) in [6, 6.07) is 16.0. The Labute approximate surface area is 118 Å². The minimum absolute atomic E-state index is 0.688. The van der Waals surface area contributed by atoms with Gasteiger partial charge in [-0.25, -0.2) is 18.6 Å². The first-order valence-electron chi connectivity index (χ1n) is 5.43. The first-order valence-corrected chi connectivity index (χ1v) is 6.67. The summed E-state index contributed by atoms with van der Waals surface area (Å²) in [6.07, 6.45) is 3.82. The van der Waals surface area contributed by atoms with E-state index in [2.05, 4.69) is 18.2 Å². The van der Waals surface area contributed by atoms with E-state index in [0.717, 1.165) is 6.54 Å². The van der Waals surface area contributed by atoms with Gasteiger partial charge in [0.25, 0.3) is 0 Å². The second kappa shape index (κ2) is 7.55. The quantitative estimate of drug-likeness (QED) is 0.552. The average molecular weight is 295 g/mol. The predicted octanol–water partition coefficient (Wildman–Crippen LogP) is -2.86. The number of rotatable bonds is 2. The maximum Gasteiger partial charge on any atom is 0.186 e. The summed E-state index contributed by atoms with van der Waals surface area (Å²) >= 11 is 0. The molecule has 0 saturated heterocycles. The molecule has 2 aromatic rings. The van der Waals surface area contributed by atoms with E-state index in [1.165, 1.54) is 5.56 Å². The molecule has 2 rings (SSSR count). The lowest BCUT2D eigenvalue weighted by molar-refractivity contribution is -2.00. The molecule has 0 atom stereocenters. The first kappa shape index (κ1) is 16.0. The highest BCUT2D eigenvalue weighted by molar-refractivity contribution is 5.22. The third-order valence-corrected chi connectivity index (χ3v) is 2.20. The van der Waals surface area contributed by atoms with E-state index >= 15 is 0 Å². The molecule has 0 spiro atoms. The molecular formula is C13H11ClN2O4. The fourth-order valence-electron chi connectivity index (χ4n) is 1.48. The second-order valence-corrected chi connectivity index (χ2v) is 4.50. The minimum Gasteiger partial charge on any atom is -0.222 e. The Morgan fingerprint density at radius 3 is 2.15 bits per heavy atom. The maximum atomic E-state index is 8.76. The molecule has 0 fully saturated rings. The van der Waals surface area contributed by atoms with E-state index in [0.29, 0.717) is 5.56 Å². The van der Waals surface area contributed by atoms with Gasteiger partial charge in [-0.1, -0.05) is 30.3 Å². The highest BCUT2D eigenvalue weighted by Gasteiger charge is 2.02. The van der Waals surface area contributed by atoms with Gasteiger partial charge in [-0.15, -0.1) is 10.2 Å². The van der Waals surface area contributed by atoms with Crippen LogP contribution in [0.2, 0.25) is 0 Å². The summed E-state index contributed by atoms with van der Waals surface area (Å²) in [5, 5.41) is 8.76. The van der Waals surface area contributed by atoms with Crippen molar-refractivity contribution in [3.05, 3.63) is 66.0 Å². The Kier molecular flexibility index (Phi) is 6.06. The SMILES string of the molecule is N#Cc1ccc[n+](Cc2ccccc2)c1.[O-][Cl+3]([O-])([O-])[O-]. The van der Waals surface area contributed by atoms with Crippen LogP contribution in [0.3, 0.4) is 0 Å². The van der Waals surface area contributed by atoms with Crippen LogP contribution >= 0.6 is 0 Å². The van der Waals surface area contributed by atoms with Gasteiger partial charge in [0.15, 0.2) is 18.9 Å². The molecule has 1 aromatic heterocycles. The van der Waals surface area contributed by atoms with Gasteiger partial charge in [-0.3, -0.25) is 0 Å². The topological polar surface area (TPSA) is 120 Å². The number of halogens is 1. The Morgan fingerprint density at radius 1 is 1.00 bits per heavy atom. The van der Waals surface area contributed by atoms with Gasteiger partial charge in [0.1, 0.15) is 11.6 Å². The molecule has 20 heavy (non-hydrogen) atoms. The van der Waals surface area contributed by atoms with Crippen LogP contribution in [-0.4, -0.2) is 0 Å².